The molecule has 6 nitrogen and oxygen atoms in total. The second-order valence-electron chi connectivity index (χ2n) is 6.06. The number of carbonyl (C=O) groups excluding carboxylic acids is 1. The Kier molecular flexibility index (Phi) is 4.90. The molecule has 4 aromatic rings. The number of hydrogen-bond acceptors (Lipinski definition) is 4. The van der Waals surface area contributed by atoms with E-state index in [1.165, 1.54) is 24.4 Å². The van der Waals surface area contributed by atoms with Crippen molar-refractivity contribution < 1.29 is 13.7 Å². The van der Waals surface area contributed by atoms with E-state index in [1.807, 2.05) is 24.3 Å². The summed E-state index contributed by atoms with van der Waals surface area (Å²) in [5.74, 6) is -0.413. The third kappa shape index (κ3) is 3.94. The molecule has 0 aliphatic carbocycles. The lowest BCUT2D eigenvalue weighted by atomic mass is 10.1. The predicted molar refractivity (Wildman–Crippen MR) is 103 cm³/mol. The van der Waals surface area contributed by atoms with Gasteiger partial charge in [0.25, 0.3) is 5.91 Å². The second-order valence-corrected chi connectivity index (χ2v) is 6.46. The van der Waals surface area contributed by atoms with Gasteiger partial charge < -0.3 is 9.84 Å². The molecule has 140 valence electrons. The fourth-order valence-corrected chi connectivity index (χ4v) is 2.84. The van der Waals surface area contributed by atoms with Crippen LogP contribution in [0.4, 0.5) is 10.1 Å². The lowest BCUT2D eigenvalue weighted by molar-refractivity contribution is 0.101. The van der Waals surface area contributed by atoms with Gasteiger partial charge in [-0.15, -0.1) is 0 Å². The molecule has 1 N–H and O–H groups in total. The van der Waals surface area contributed by atoms with Crippen LogP contribution in [-0.4, -0.2) is 20.8 Å². The molecule has 2 aromatic carbocycles. The van der Waals surface area contributed by atoms with Crippen LogP contribution in [0.5, 0.6) is 0 Å². The summed E-state index contributed by atoms with van der Waals surface area (Å²) in [5, 5.41) is 11.4. The SMILES string of the molecule is O=C(Nc1cnn(Cc2ccccc2Cl)c1)c1cc(-c2ccc(F)cc2)on1. The predicted octanol–water partition coefficient (Wildman–Crippen LogP) is 4.63. The Bertz CT molecular complexity index is 1120. The van der Waals surface area contributed by atoms with Gasteiger partial charge in [0.2, 0.25) is 0 Å². The Morgan fingerprint density at radius 1 is 1.18 bits per heavy atom. The number of carbonyl (C=O) groups is 1. The zero-order valence-corrected chi connectivity index (χ0v) is 15.2. The molecule has 0 unspecified atom stereocenters. The van der Waals surface area contributed by atoms with Gasteiger partial charge in [-0.1, -0.05) is 35.0 Å². The molecule has 1 amide bonds. The molecule has 0 aliphatic heterocycles. The Morgan fingerprint density at radius 2 is 1.96 bits per heavy atom. The fraction of sp³-hybridized carbons (Fsp3) is 0.0500. The molecule has 2 aromatic heterocycles. The number of amides is 1. The molecule has 0 radical (unpaired) electrons. The van der Waals surface area contributed by atoms with E-state index in [0.29, 0.717) is 28.6 Å². The van der Waals surface area contributed by atoms with Gasteiger partial charge in [0, 0.05) is 22.8 Å². The van der Waals surface area contributed by atoms with E-state index in [0.717, 1.165) is 5.56 Å². The van der Waals surface area contributed by atoms with Crippen LogP contribution in [0.3, 0.4) is 0 Å². The molecule has 0 saturated heterocycles. The standard InChI is InChI=1S/C20H14ClFN4O2/c21-17-4-2-1-3-14(17)11-26-12-16(10-23-26)24-20(27)18-9-19(28-25-18)13-5-7-15(22)8-6-13/h1-10,12H,11H2,(H,24,27). The number of nitrogens with zero attached hydrogens (tertiary/aromatic N) is 3. The van der Waals surface area contributed by atoms with Crippen molar-refractivity contribution in [3.63, 3.8) is 0 Å². The number of anilines is 1. The Balaban J connectivity index is 1.44. The monoisotopic (exact) mass is 396 g/mol. The lowest BCUT2D eigenvalue weighted by Crippen LogP contribution is -2.11. The Labute approximate surface area is 164 Å². The first-order valence-electron chi connectivity index (χ1n) is 8.38. The summed E-state index contributed by atoms with van der Waals surface area (Å²) in [5.41, 5.74) is 2.17. The number of aromatic nitrogens is 3. The molecule has 2 heterocycles. The maximum absolute atomic E-state index is 13.0. The quantitative estimate of drug-likeness (QED) is 0.533. The van der Waals surface area contributed by atoms with Crippen molar-refractivity contribution in [3.05, 3.63) is 89.1 Å². The summed E-state index contributed by atoms with van der Waals surface area (Å²) in [6, 6.07) is 14.7. The number of benzene rings is 2. The molecule has 0 spiro atoms. The van der Waals surface area contributed by atoms with Crippen molar-refractivity contribution in [2.75, 3.05) is 5.32 Å². The minimum absolute atomic E-state index is 0.109. The molecule has 0 atom stereocenters. The molecular formula is C20H14ClFN4O2. The number of hydrogen-bond donors (Lipinski definition) is 1. The first kappa shape index (κ1) is 17.9. The highest BCUT2D eigenvalue weighted by atomic mass is 35.5. The Hall–Kier alpha value is -3.45. The summed E-state index contributed by atoms with van der Waals surface area (Å²) in [6.45, 7) is 0.480. The van der Waals surface area contributed by atoms with E-state index >= 15 is 0 Å². The zero-order valence-electron chi connectivity index (χ0n) is 14.5. The van der Waals surface area contributed by atoms with Crippen molar-refractivity contribution in [1.29, 1.82) is 0 Å². The van der Waals surface area contributed by atoms with E-state index < -0.39 is 5.91 Å². The van der Waals surface area contributed by atoms with Crippen molar-refractivity contribution in [1.82, 2.24) is 14.9 Å². The lowest BCUT2D eigenvalue weighted by Gasteiger charge is -2.03. The third-order valence-corrected chi connectivity index (χ3v) is 4.42. The van der Waals surface area contributed by atoms with Crippen LogP contribution in [-0.2, 0) is 6.54 Å². The summed E-state index contributed by atoms with van der Waals surface area (Å²) in [6.07, 6.45) is 3.23. The molecule has 28 heavy (non-hydrogen) atoms. The summed E-state index contributed by atoms with van der Waals surface area (Å²) in [4.78, 5) is 12.4. The summed E-state index contributed by atoms with van der Waals surface area (Å²) in [7, 11) is 0. The van der Waals surface area contributed by atoms with E-state index in [-0.39, 0.29) is 11.5 Å². The maximum Gasteiger partial charge on any atom is 0.277 e. The van der Waals surface area contributed by atoms with Crippen molar-refractivity contribution >= 4 is 23.2 Å². The second kappa shape index (κ2) is 7.66. The van der Waals surface area contributed by atoms with Crippen LogP contribution >= 0.6 is 11.6 Å². The fourth-order valence-electron chi connectivity index (χ4n) is 2.64. The van der Waals surface area contributed by atoms with E-state index in [2.05, 4.69) is 15.6 Å². The highest BCUT2D eigenvalue weighted by Crippen LogP contribution is 2.21. The zero-order chi connectivity index (χ0) is 19.5. The van der Waals surface area contributed by atoms with Gasteiger partial charge in [0.05, 0.1) is 18.4 Å². The summed E-state index contributed by atoms with van der Waals surface area (Å²) >= 11 is 6.16. The minimum Gasteiger partial charge on any atom is -0.355 e. The van der Waals surface area contributed by atoms with Gasteiger partial charge in [-0.05, 0) is 35.9 Å². The van der Waals surface area contributed by atoms with Crippen LogP contribution in [0.2, 0.25) is 5.02 Å². The van der Waals surface area contributed by atoms with Gasteiger partial charge in [0.1, 0.15) is 5.82 Å². The van der Waals surface area contributed by atoms with Gasteiger partial charge in [-0.2, -0.15) is 5.10 Å². The van der Waals surface area contributed by atoms with Crippen LogP contribution in [0.1, 0.15) is 16.1 Å². The van der Waals surface area contributed by atoms with E-state index in [4.69, 9.17) is 16.1 Å². The molecule has 0 bridgehead atoms. The number of nitrogens with one attached hydrogen (secondary N) is 1. The van der Waals surface area contributed by atoms with E-state index in [1.54, 1.807) is 23.0 Å². The highest BCUT2D eigenvalue weighted by Gasteiger charge is 2.15. The number of rotatable bonds is 5. The van der Waals surface area contributed by atoms with Crippen molar-refractivity contribution in [3.8, 4) is 11.3 Å². The molecule has 0 fully saturated rings. The van der Waals surface area contributed by atoms with Crippen LogP contribution in [0.15, 0.2) is 71.5 Å². The molecule has 0 aliphatic rings. The van der Waals surface area contributed by atoms with Crippen LogP contribution in [0.25, 0.3) is 11.3 Å². The van der Waals surface area contributed by atoms with Gasteiger partial charge in [0.15, 0.2) is 11.5 Å². The summed E-state index contributed by atoms with van der Waals surface area (Å²) < 4.78 is 19.9. The van der Waals surface area contributed by atoms with Gasteiger partial charge in [-0.25, -0.2) is 4.39 Å². The first-order chi connectivity index (χ1) is 13.6. The molecule has 0 saturated carbocycles. The van der Waals surface area contributed by atoms with Crippen LogP contribution in [0, 0.1) is 5.82 Å². The average Bonchev–Trinajstić information content (AvgIpc) is 3.34. The molecular weight excluding hydrogens is 383 g/mol. The smallest absolute Gasteiger partial charge is 0.277 e. The normalized spacial score (nSPS) is 10.8. The third-order valence-electron chi connectivity index (χ3n) is 4.05. The van der Waals surface area contributed by atoms with E-state index in [9.17, 15) is 9.18 Å². The Morgan fingerprint density at radius 3 is 2.75 bits per heavy atom. The maximum atomic E-state index is 13.0. The molecule has 4 rings (SSSR count). The van der Waals surface area contributed by atoms with Gasteiger partial charge in [-0.3, -0.25) is 9.48 Å². The molecule has 8 heteroatoms. The van der Waals surface area contributed by atoms with Crippen molar-refractivity contribution in [2.24, 2.45) is 0 Å². The highest BCUT2D eigenvalue weighted by molar-refractivity contribution is 6.31. The average molecular weight is 397 g/mol. The largest absolute Gasteiger partial charge is 0.355 e. The topological polar surface area (TPSA) is 73.0 Å². The first-order valence-corrected chi connectivity index (χ1v) is 8.76. The van der Waals surface area contributed by atoms with Gasteiger partial charge >= 0.3 is 0 Å². The van der Waals surface area contributed by atoms with Crippen molar-refractivity contribution in [2.45, 2.75) is 6.54 Å². The number of halogens is 2. The van der Waals surface area contributed by atoms with Crippen LogP contribution < -0.4 is 5.32 Å². The minimum atomic E-state index is -0.436.